The zero-order valence-corrected chi connectivity index (χ0v) is 18.9. The van der Waals surface area contributed by atoms with Gasteiger partial charge in [-0.1, -0.05) is 26.0 Å². The predicted molar refractivity (Wildman–Crippen MR) is 119 cm³/mol. The van der Waals surface area contributed by atoms with Crippen molar-refractivity contribution in [3.63, 3.8) is 0 Å². The van der Waals surface area contributed by atoms with Crippen LogP contribution >= 0.6 is 0 Å². The molecule has 0 aliphatic heterocycles. The molecule has 1 heterocycles. The van der Waals surface area contributed by atoms with E-state index in [0.717, 1.165) is 37.7 Å². The Morgan fingerprint density at radius 2 is 2.00 bits per heavy atom. The Bertz CT molecular complexity index is 1000. The third-order valence-corrected chi connectivity index (χ3v) is 9.19. The van der Waals surface area contributed by atoms with Gasteiger partial charge >= 0.3 is 5.97 Å². The predicted octanol–water partition coefficient (Wildman–Crippen LogP) is 5.86. The smallest absolute Gasteiger partial charge is 0.302 e. The summed E-state index contributed by atoms with van der Waals surface area (Å²) < 4.78 is 5.57. The molecule has 2 fully saturated rings. The molecule has 0 spiro atoms. The molecule has 6 atom stereocenters. The molecule has 4 aliphatic rings. The van der Waals surface area contributed by atoms with E-state index in [9.17, 15) is 10.1 Å². The first-order chi connectivity index (χ1) is 14.9. The molecule has 1 aromatic rings. The van der Waals surface area contributed by atoms with Gasteiger partial charge in [-0.3, -0.25) is 9.78 Å². The molecule has 0 saturated heterocycles. The Morgan fingerprint density at radius 3 is 2.71 bits per heavy atom. The maximum Gasteiger partial charge on any atom is 0.302 e. The lowest BCUT2D eigenvalue weighted by Crippen LogP contribution is -2.51. The van der Waals surface area contributed by atoms with Crippen LogP contribution in [-0.2, 0) is 9.53 Å². The summed E-state index contributed by atoms with van der Waals surface area (Å²) in [5.41, 5.74) is 5.19. The van der Waals surface area contributed by atoms with E-state index in [1.54, 1.807) is 0 Å². The Balaban J connectivity index is 1.48. The largest absolute Gasteiger partial charge is 0.462 e. The van der Waals surface area contributed by atoms with Crippen molar-refractivity contribution >= 4 is 11.5 Å². The van der Waals surface area contributed by atoms with E-state index in [1.807, 2.05) is 18.5 Å². The molecule has 0 radical (unpaired) electrons. The minimum absolute atomic E-state index is 0.0585. The van der Waals surface area contributed by atoms with Crippen LogP contribution in [0.2, 0.25) is 0 Å². The van der Waals surface area contributed by atoms with Crippen molar-refractivity contribution < 1.29 is 9.53 Å². The molecule has 0 aromatic carbocycles. The van der Waals surface area contributed by atoms with Gasteiger partial charge < -0.3 is 4.74 Å². The third-order valence-electron chi connectivity index (χ3n) is 9.19. The Hall–Kier alpha value is -2.41. The van der Waals surface area contributed by atoms with Gasteiger partial charge in [-0.05, 0) is 89.9 Å². The minimum atomic E-state index is -0.213. The molecule has 0 amide bonds. The Morgan fingerprint density at radius 1 is 1.19 bits per heavy atom. The maximum absolute atomic E-state index is 11.5. The quantitative estimate of drug-likeness (QED) is 0.566. The Labute approximate surface area is 185 Å². The fourth-order valence-electron chi connectivity index (χ4n) is 7.76. The monoisotopic (exact) mass is 416 g/mol. The molecule has 0 bridgehead atoms. The highest BCUT2D eigenvalue weighted by Crippen LogP contribution is 2.67. The molecule has 1 aromatic heterocycles. The van der Waals surface area contributed by atoms with Gasteiger partial charge in [0.2, 0.25) is 0 Å². The summed E-state index contributed by atoms with van der Waals surface area (Å²) in [4.78, 5) is 15.9. The average molecular weight is 417 g/mol. The number of hydrogen-bond donors (Lipinski definition) is 0. The second kappa shape index (κ2) is 7.33. The topological polar surface area (TPSA) is 63.0 Å². The second-order valence-corrected chi connectivity index (χ2v) is 10.6. The lowest BCUT2D eigenvalue weighted by atomic mass is 9.46. The number of esters is 1. The molecule has 0 N–H and O–H groups in total. The SMILES string of the molecule is CC(=O)OC1CC[C@@]2(C)C(=C(C#N)C[C@@H]3[C@H]2CC[C@]2(C)C(c4cccnc4)=CC[C@@H]32)C1. The van der Waals surface area contributed by atoms with Crippen LogP contribution in [0.1, 0.15) is 71.3 Å². The highest BCUT2D eigenvalue weighted by atomic mass is 16.5. The van der Waals surface area contributed by atoms with E-state index < -0.39 is 0 Å². The van der Waals surface area contributed by atoms with Gasteiger partial charge in [0, 0.05) is 31.3 Å². The molecular formula is C27H32N2O2. The van der Waals surface area contributed by atoms with Crippen LogP contribution in [0.5, 0.6) is 0 Å². The van der Waals surface area contributed by atoms with Crippen molar-refractivity contribution in [3.05, 3.63) is 47.3 Å². The molecule has 4 nitrogen and oxygen atoms in total. The summed E-state index contributed by atoms with van der Waals surface area (Å²) >= 11 is 0. The highest BCUT2D eigenvalue weighted by Gasteiger charge is 2.58. The van der Waals surface area contributed by atoms with E-state index in [0.29, 0.717) is 17.8 Å². The fraction of sp³-hybridized carbons (Fsp3) is 0.593. The van der Waals surface area contributed by atoms with Gasteiger partial charge in [0.25, 0.3) is 0 Å². The van der Waals surface area contributed by atoms with Gasteiger partial charge in [0.1, 0.15) is 6.10 Å². The molecule has 2 saturated carbocycles. The van der Waals surface area contributed by atoms with Gasteiger partial charge in [-0.25, -0.2) is 0 Å². The van der Waals surface area contributed by atoms with Crippen molar-refractivity contribution in [2.45, 2.75) is 71.8 Å². The first-order valence-electron chi connectivity index (χ1n) is 11.8. The van der Waals surface area contributed by atoms with E-state index >= 15 is 0 Å². The van der Waals surface area contributed by atoms with Gasteiger partial charge in [0.05, 0.1) is 6.07 Å². The summed E-state index contributed by atoms with van der Waals surface area (Å²) in [5, 5.41) is 10.1. The number of allylic oxidation sites excluding steroid dienone is 3. The van der Waals surface area contributed by atoms with Crippen molar-refractivity contribution in [1.29, 1.82) is 5.26 Å². The van der Waals surface area contributed by atoms with Crippen LogP contribution in [-0.4, -0.2) is 17.1 Å². The molecule has 4 heteroatoms. The lowest BCUT2D eigenvalue weighted by Gasteiger charge is -2.58. The second-order valence-electron chi connectivity index (χ2n) is 10.6. The number of fused-ring (bicyclic) bond motifs is 5. The van der Waals surface area contributed by atoms with Gasteiger partial charge in [0.15, 0.2) is 0 Å². The number of pyridine rings is 1. The first-order valence-corrected chi connectivity index (χ1v) is 11.8. The average Bonchev–Trinajstić information content (AvgIpc) is 3.11. The van der Waals surface area contributed by atoms with E-state index in [1.165, 1.54) is 36.5 Å². The molecule has 162 valence electrons. The summed E-state index contributed by atoms with van der Waals surface area (Å²) in [6.07, 6.45) is 13.3. The van der Waals surface area contributed by atoms with Gasteiger partial charge in [-0.15, -0.1) is 0 Å². The van der Waals surface area contributed by atoms with Crippen LogP contribution in [0, 0.1) is 39.9 Å². The summed E-state index contributed by atoms with van der Waals surface area (Å²) in [7, 11) is 0. The summed E-state index contributed by atoms with van der Waals surface area (Å²) in [6.45, 7) is 6.33. The molecule has 31 heavy (non-hydrogen) atoms. The van der Waals surface area contributed by atoms with Crippen LogP contribution in [0.4, 0.5) is 0 Å². The van der Waals surface area contributed by atoms with Crippen LogP contribution in [0.15, 0.2) is 41.7 Å². The number of hydrogen-bond acceptors (Lipinski definition) is 4. The fourth-order valence-corrected chi connectivity index (χ4v) is 7.76. The van der Waals surface area contributed by atoms with Crippen molar-refractivity contribution in [3.8, 4) is 6.07 Å². The number of carbonyl (C=O) groups excluding carboxylic acids is 1. The van der Waals surface area contributed by atoms with Crippen LogP contribution < -0.4 is 0 Å². The Kier molecular flexibility index (Phi) is 4.84. The van der Waals surface area contributed by atoms with Crippen LogP contribution in [0.25, 0.3) is 5.57 Å². The number of aromatic nitrogens is 1. The van der Waals surface area contributed by atoms with Gasteiger partial charge in [-0.2, -0.15) is 5.26 Å². The van der Waals surface area contributed by atoms with E-state index in [4.69, 9.17) is 4.74 Å². The van der Waals surface area contributed by atoms with Crippen molar-refractivity contribution in [2.75, 3.05) is 0 Å². The first kappa shape index (κ1) is 20.5. The molecule has 5 rings (SSSR count). The maximum atomic E-state index is 11.5. The number of ether oxygens (including phenoxy) is 1. The normalized spacial score (nSPS) is 39.0. The number of nitrogens with zero attached hydrogens (tertiary/aromatic N) is 2. The van der Waals surface area contributed by atoms with E-state index in [2.05, 4.69) is 37.0 Å². The number of carbonyl (C=O) groups is 1. The standard InChI is InChI=1S/C27H32N2O2/c1-17(30)31-20-8-10-27(3)24-9-11-26(2)22(18-5-4-12-29-16-18)6-7-23(26)21(24)13-19(15-28)25(27)14-20/h4-6,12,16,20-21,23-24H,7-11,13-14H2,1-3H3/t20?,21-,23-,24+,26+,27+/m0/s1. The lowest BCUT2D eigenvalue weighted by molar-refractivity contribution is -0.148. The zero-order valence-electron chi connectivity index (χ0n) is 18.9. The molecular weight excluding hydrogens is 384 g/mol. The molecule has 4 aliphatic carbocycles. The zero-order chi connectivity index (χ0) is 21.8. The van der Waals surface area contributed by atoms with Crippen LogP contribution in [0.3, 0.4) is 0 Å². The third kappa shape index (κ3) is 3.08. The van der Waals surface area contributed by atoms with Crippen molar-refractivity contribution in [2.24, 2.45) is 28.6 Å². The highest BCUT2D eigenvalue weighted by molar-refractivity contribution is 5.72. The minimum Gasteiger partial charge on any atom is -0.462 e. The van der Waals surface area contributed by atoms with E-state index in [-0.39, 0.29) is 22.9 Å². The number of nitriles is 1. The molecule has 1 unspecified atom stereocenters. The summed E-state index contributed by atoms with van der Waals surface area (Å²) in [5.74, 6) is 1.51. The number of rotatable bonds is 2. The van der Waals surface area contributed by atoms with Crippen molar-refractivity contribution in [1.82, 2.24) is 4.98 Å². The summed E-state index contributed by atoms with van der Waals surface area (Å²) in [6, 6.07) is 6.81.